The fraction of sp³-hybridized carbons (Fsp3) is 0.367. The SMILES string of the molecule is CCC(CCC(C#N)(c1ccc(Br)cc1)C1CC1)N(Cc1ccccc1)Cc1ccccc1. The molecule has 1 aliphatic carbocycles. The highest BCUT2D eigenvalue weighted by atomic mass is 79.9. The van der Waals surface area contributed by atoms with Crippen molar-refractivity contribution in [3.63, 3.8) is 0 Å². The first-order valence-corrected chi connectivity index (χ1v) is 12.9. The zero-order chi connectivity index (χ0) is 23.1. The van der Waals surface area contributed by atoms with E-state index >= 15 is 0 Å². The molecule has 0 aliphatic heterocycles. The Hall–Kier alpha value is -2.41. The van der Waals surface area contributed by atoms with E-state index in [4.69, 9.17) is 0 Å². The molecule has 3 aromatic carbocycles. The molecule has 2 nitrogen and oxygen atoms in total. The molecule has 0 bridgehead atoms. The number of rotatable bonds is 11. The molecule has 2 unspecified atom stereocenters. The Balaban J connectivity index is 1.56. The molecule has 0 amide bonds. The minimum Gasteiger partial charge on any atom is -0.292 e. The summed E-state index contributed by atoms with van der Waals surface area (Å²) >= 11 is 3.55. The van der Waals surface area contributed by atoms with Crippen molar-refractivity contribution in [3.8, 4) is 6.07 Å². The van der Waals surface area contributed by atoms with Crippen LogP contribution in [-0.4, -0.2) is 10.9 Å². The molecule has 0 aromatic heterocycles. The summed E-state index contributed by atoms with van der Waals surface area (Å²) in [6.07, 6.45) is 5.34. The summed E-state index contributed by atoms with van der Waals surface area (Å²) in [6.45, 7) is 4.14. The molecule has 33 heavy (non-hydrogen) atoms. The van der Waals surface area contributed by atoms with Crippen LogP contribution in [0.5, 0.6) is 0 Å². The first kappa shape index (κ1) is 23.7. The van der Waals surface area contributed by atoms with Crippen LogP contribution >= 0.6 is 15.9 Å². The Kier molecular flexibility index (Phi) is 8.02. The lowest BCUT2D eigenvalue weighted by molar-refractivity contribution is 0.154. The predicted molar refractivity (Wildman–Crippen MR) is 140 cm³/mol. The number of hydrogen-bond donors (Lipinski definition) is 0. The smallest absolute Gasteiger partial charge is 0.0851 e. The van der Waals surface area contributed by atoms with Gasteiger partial charge in [0.05, 0.1) is 11.5 Å². The summed E-state index contributed by atoms with van der Waals surface area (Å²) in [5.41, 5.74) is 3.49. The van der Waals surface area contributed by atoms with Crippen LogP contribution < -0.4 is 0 Å². The average Bonchev–Trinajstić information content (AvgIpc) is 3.70. The standard InChI is InChI=1S/C30H33BrN2/c1-2-29(19-20-30(23-32,26-13-14-26)27-15-17-28(31)18-16-27)33(21-24-9-5-3-6-10-24)22-25-11-7-4-8-12-25/h3-12,15-18,26,29H,2,13-14,19-22H2,1H3. The molecule has 0 heterocycles. The maximum Gasteiger partial charge on any atom is 0.0851 e. The van der Waals surface area contributed by atoms with Gasteiger partial charge in [-0.15, -0.1) is 0 Å². The maximum atomic E-state index is 10.4. The minimum atomic E-state index is -0.376. The van der Waals surface area contributed by atoms with Crippen molar-refractivity contribution in [1.82, 2.24) is 4.90 Å². The van der Waals surface area contributed by atoms with Gasteiger partial charge in [-0.1, -0.05) is 95.7 Å². The van der Waals surface area contributed by atoms with E-state index in [0.717, 1.165) is 49.7 Å². The molecule has 1 fully saturated rings. The number of hydrogen-bond acceptors (Lipinski definition) is 2. The maximum absolute atomic E-state index is 10.4. The molecular weight excluding hydrogens is 468 g/mol. The van der Waals surface area contributed by atoms with E-state index in [1.165, 1.54) is 16.7 Å². The fourth-order valence-electron chi connectivity index (χ4n) is 5.11. The highest BCUT2D eigenvalue weighted by Gasteiger charge is 2.47. The van der Waals surface area contributed by atoms with Gasteiger partial charge in [0.1, 0.15) is 0 Å². The number of halogens is 1. The lowest BCUT2D eigenvalue weighted by Crippen LogP contribution is -2.36. The zero-order valence-electron chi connectivity index (χ0n) is 19.5. The van der Waals surface area contributed by atoms with Gasteiger partial charge in [-0.3, -0.25) is 4.90 Å². The Bertz CT molecular complexity index is 997. The van der Waals surface area contributed by atoms with E-state index in [9.17, 15) is 5.26 Å². The Morgan fingerprint density at radius 2 is 1.45 bits per heavy atom. The average molecular weight is 502 g/mol. The van der Waals surface area contributed by atoms with E-state index < -0.39 is 0 Å². The van der Waals surface area contributed by atoms with Crippen LogP contribution in [0.3, 0.4) is 0 Å². The summed E-state index contributed by atoms with van der Waals surface area (Å²) in [6, 6.07) is 33.2. The minimum absolute atomic E-state index is 0.376. The highest BCUT2D eigenvalue weighted by molar-refractivity contribution is 9.10. The van der Waals surface area contributed by atoms with Gasteiger partial charge in [-0.05, 0) is 66.8 Å². The van der Waals surface area contributed by atoms with Crippen molar-refractivity contribution in [3.05, 3.63) is 106 Å². The first-order chi connectivity index (χ1) is 16.1. The van der Waals surface area contributed by atoms with Crippen molar-refractivity contribution in [1.29, 1.82) is 5.26 Å². The fourth-order valence-corrected chi connectivity index (χ4v) is 5.37. The van der Waals surface area contributed by atoms with E-state index in [-0.39, 0.29) is 5.41 Å². The quantitative estimate of drug-likeness (QED) is 0.267. The van der Waals surface area contributed by atoms with Crippen LogP contribution in [0.4, 0.5) is 0 Å². The molecule has 4 rings (SSSR count). The van der Waals surface area contributed by atoms with Crippen LogP contribution in [-0.2, 0) is 18.5 Å². The van der Waals surface area contributed by atoms with Gasteiger partial charge in [0, 0.05) is 23.6 Å². The molecule has 3 heteroatoms. The monoisotopic (exact) mass is 500 g/mol. The van der Waals surface area contributed by atoms with Crippen LogP contribution in [0.25, 0.3) is 0 Å². The Labute approximate surface area is 207 Å². The van der Waals surface area contributed by atoms with Crippen molar-refractivity contribution in [2.24, 2.45) is 5.92 Å². The molecule has 0 N–H and O–H groups in total. The van der Waals surface area contributed by atoms with Crippen LogP contribution in [0.1, 0.15) is 55.7 Å². The van der Waals surface area contributed by atoms with Crippen molar-refractivity contribution < 1.29 is 0 Å². The van der Waals surface area contributed by atoms with Crippen molar-refractivity contribution in [2.75, 3.05) is 0 Å². The molecular formula is C30H33BrN2. The topological polar surface area (TPSA) is 27.0 Å². The second kappa shape index (κ2) is 11.1. The van der Waals surface area contributed by atoms with Gasteiger partial charge in [-0.2, -0.15) is 5.26 Å². The summed E-state index contributed by atoms with van der Waals surface area (Å²) in [7, 11) is 0. The lowest BCUT2D eigenvalue weighted by atomic mass is 9.73. The van der Waals surface area contributed by atoms with E-state index in [2.05, 4.69) is 119 Å². The molecule has 0 spiro atoms. The summed E-state index contributed by atoms with van der Waals surface area (Å²) in [5, 5.41) is 10.4. The van der Waals surface area contributed by atoms with Crippen molar-refractivity contribution >= 4 is 15.9 Å². The zero-order valence-corrected chi connectivity index (χ0v) is 21.0. The van der Waals surface area contributed by atoms with Gasteiger partial charge >= 0.3 is 0 Å². The van der Waals surface area contributed by atoms with Crippen LogP contribution in [0, 0.1) is 17.2 Å². The number of nitriles is 1. The second-order valence-electron chi connectivity index (χ2n) is 9.34. The Morgan fingerprint density at radius 3 is 1.91 bits per heavy atom. The number of benzene rings is 3. The van der Waals surface area contributed by atoms with Gasteiger partial charge in [0.15, 0.2) is 0 Å². The largest absolute Gasteiger partial charge is 0.292 e. The Morgan fingerprint density at radius 1 is 0.909 bits per heavy atom. The van der Waals surface area contributed by atoms with E-state index in [0.29, 0.717) is 12.0 Å². The molecule has 0 saturated heterocycles. The van der Waals surface area contributed by atoms with Gasteiger partial charge in [-0.25, -0.2) is 0 Å². The molecule has 3 aromatic rings. The van der Waals surface area contributed by atoms with Crippen molar-refractivity contribution in [2.45, 2.75) is 63.6 Å². The highest BCUT2D eigenvalue weighted by Crippen LogP contribution is 2.50. The van der Waals surface area contributed by atoms with E-state index in [1.807, 2.05) is 0 Å². The normalized spacial score (nSPS) is 16.2. The predicted octanol–water partition coefficient (Wildman–Crippen LogP) is 7.88. The summed E-state index contributed by atoms with van der Waals surface area (Å²) < 4.78 is 1.07. The number of nitrogens with zero attached hydrogens (tertiary/aromatic N) is 2. The third kappa shape index (κ3) is 5.94. The molecule has 1 aliphatic rings. The van der Waals surface area contributed by atoms with Gasteiger partial charge in [0.2, 0.25) is 0 Å². The van der Waals surface area contributed by atoms with Crippen LogP contribution in [0.2, 0.25) is 0 Å². The summed E-state index contributed by atoms with van der Waals surface area (Å²) in [4.78, 5) is 2.61. The molecule has 170 valence electrons. The second-order valence-corrected chi connectivity index (χ2v) is 10.3. The third-order valence-corrected chi connectivity index (χ3v) is 7.68. The molecule has 0 radical (unpaired) electrons. The lowest BCUT2D eigenvalue weighted by Gasteiger charge is -2.35. The third-order valence-electron chi connectivity index (χ3n) is 7.15. The first-order valence-electron chi connectivity index (χ1n) is 12.1. The van der Waals surface area contributed by atoms with Gasteiger partial charge in [0.25, 0.3) is 0 Å². The molecule has 2 atom stereocenters. The molecule has 1 saturated carbocycles. The van der Waals surface area contributed by atoms with Gasteiger partial charge < -0.3 is 0 Å². The summed E-state index contributed by atoms with van der Waals surface area (Å²) in [5.74, 6) is 0.484. The van der Waals surface area contributed by atoms with E-state index in [1.54, 1.807) is 0 Å². The van der Waals surface area contributed by atoms with Crippen LogP contribution in [0.15, 0.2) is 89.4 Å².